The maximum atomic E-state index is 11.9. The van der Waals surface area contributed by atoms with Crippen molar-refractivity contribution in [2.24, 2.45) is 0 Å². The summed E-state index contributed by atoms with van der Waals surface area (Å²) in [5, 5.41) is 13.8. The lowest BCUT2D eigenvalue weighted by Gasteiger charge is -2.28. The zero-order valence-corrected chi connectivity index (χ0v) is 15.9. The summed E-state index contributed by atoms with van der Waals surface area (Å²) in [4.78, 5) is 25.3. The van der Waals surface area contributed by atoms with Crippen LogP contribution in [-0.2, 0) is 16.1 Å². The number of anilines is 1. The molecule has 144 valence electrons. The molecule has 2 heterocycles. The second-order valence-electron chi connectivity index (χ2n) is 5.87. The van der Waals surface area contributed by atoms with Gasteiger partial charge >= 0.3 is 6.03 Å². The van der Waals surface area contributed by atoms with Gasteiger partial charge in [-0.2, -0.15) is 0 Å². The molecule has 0 atom stereocenters. The Morgan fingerprint density at radius 1 is 1.19 bits per heavy atom. The topological polar surface area (TPSA) is 101 Å². The van der Waals surface area contributed by atoms with Gasteiger partial charge in [-0.25, -0.2) is 4.79 Å². The summed E-state index contributed by atoms with van der Waals surface area (Å²) < 4.78 is 7.42. The van der Waals surface area contributed by atoms with Crippen molar-refractivity contribution in [3.63, 3.8) is 0 Å². The molecule has 0 saturated carbocycles. The predicted octanol–water partition coefficient (Wildman–Crippen LogP) is 0.711. The molecule has 9 nitrogen and oxygen atoms in total. The van der Waals surface area contributed by atoms with E-state index in [1.165, 1.54) is 18.8 Å². The first-order valence-corrected chi connectivity index (χ1v) is 9.60. The van der Waals surface area contributed by atoms with E-state index in [1.54, 1.807) is 0 Å². The van der Waals surface area contributed by atoms with Crippen molar-refractivity contribution in [3.05, 3.63) is 35.9 Å². The van der Waals surface area contributed by atoms with Crippen LogP contribution in [0, 0.1) is 0 Å². The number of nitrogens with zero attached hydrogens (tertiary/aromatic N) is 4. The van der Waals surface area contributed by atoms with Crippen molar-refractivity contribution in [3.8, 4) is 0 Å². The molecule has 1 aromatic carbocycles. The number of hydrogen-bond donors (Lipinski definition) is 2. The molecule has 0 bridgehead atoms. The van der Waals surface area contributed by atoms with E-state index >= 15 is 0 Å². The van der Waals surface area contributed by atoms with Crippen molar-refractivity contribution in [2.75, 3.05) is 44.0 Å². The number of amides is 3. The molecule has 3 amide bonds. The smallest absolute Gasteiger partial charge is 0.321 e. The van der Waals surface area contributed by atoms with Gasteiger partial charge in [0.15, 0.2) is 5.16 Å². The minimum absolute atomic E-state index is 0.0729. The molecule has 10 heteroatoms. The summed E-state index contributed by atoms with van der Waals surface area (Å²) in [6.07, 6.45) is 0. The van der Waals surface area contributed by atoms with Gasteiger partial charge in [0.05, 0.1) is 25.5 Å². The third-order valence-electron chi connectivity index (χ3n) is 3.99. The Bertz CT molecular complexity index is 776. The number of nitrogens with one attached hydrogen (secondary N) is 2. The molecular weight excluding hydrogens is 368 g/mol. The number of carbonyl (C=O) groups is 2. The van der Waals surface area contributed by atoms with Crippen LogP contribution in [0.1, 0.15) is 5.56 Å². The highest BCUT2D eigenvalue weighted by Crippen LogP contribution is 2.24. The predicted molar refractivity (Wildman–Crippen MR) is 102 cm³/mol. The van der Waals surface area contributed by atoms with Gasteiger partial charge in [-0.05, 0) is 5.56 Å². The standard InChI is InChI=1S/C17H22N6O3S/c1-18-15(25)19-14(24)12-27-17-21-20-16(22-7-9-26-10-8-22)23(17)11-13-5-3-2-4-6-13/h2-6H,7-12H2,1H3,(H2,18,19,24,25). The molecule has 0 unspecified atom stereocenters. The Balaban J connectivity index is 1.76. The monoisotopic (exact) mass is 390 g/mol. The number of benzene rings is 1. The molecule has 0 radical (unpaired) electrons. The molecular formula is C17H22N6O3S. The third kappa shape index (κ3) is 5.20. The zero-order chi connectivity index (χ0) is 19.1. The average Bonchev–Trinajstić information content (AvgIpc) is 3.10. The van der Waals surface area contributed by atoms with Crippen molar-refractivity contribution in [1.82, 2.24) is 25.4 Å². The third-order valence-corrected chi connectivity index (χ3v) is 4.95. The van der Waals surface area contributed by atoms with E-state index in [4.69, 9.17) is 4.74 Å². The molecule has 2 aromatic rings. The maximum Gasteiger partial charge on any atom is 0.321 e. The van der Waals surface area contributed by atoms with E-state index < -0.39 is 6.03 Å². The molecule has 27 heavy (non-hydrogen) atoms. The first-order valence-electron chi connectivity index (χ1n) is 8.61. The molecule has 1 aliphatic heterocycles. The second kappa shape index (κ2) is 9.38. The lowest BCUT2D eigenvalue weighted by Crippen LogP contribution is -2.38. The highest BCUT2D eigenvalue weighted by Gasteiger charge is 2.21. The maximum absolute atomic E-state index is 11.9. The molecule has 1 fully saturated rings. The van der Waals surface area contributed by atoms with Gasteiger partial charge in [0.1, 0.15) is 0 Å². The highest BCUT2D eigenvalue weighted by molar-refractivity contribution is 7.99. The highest BCUT2D eigenvalue weighted by atomic mass is 32.2. The number of rotatable bonds is 6. The van der Waals surface area contributed by atoms with Crippen LogP contribution in [0.4, 0.5) is 10.7 Å². The molecule has 1 saturated heterocycles. The number of aromatic nitrogens is 3. The van der Waals surface area contributed by atoms with Crippen LogP contribution in [0.3, 0.4) is 0 Å². The largest absolute Gasteiger partial charge is 0.378 e. The minimum Gasteiger partial charge on any atom is -0.378 e. The zero-order valence-electron chi connectivity index (χ0n) is 15.1. The Kier molecular flexibility index (Phi) is 6.66. The van der Waals surface area contributed by atoms with Crippen LogP contribution in [0.2, 0.25) is 0 Å². The molecule has 0 aliphatic carbocycles. The molecule has 3 rings (SSSR count). The Labute approximate surface area is 161 Å². The van der Waals surface area contributed by atoms with Crippen molar-refractivity contribution in [2.45, 2.75) is 11.7 Å². The van der Waals surface area contributed by atoms with Crippen LogP contribution in [-0.4, -0.2) is 65.8 Å². The van der Waals surface area contributed by atoms with Crippen molar-refractivity contribution < 1.29 is 14.3 Å². The Morgan fingerprint density at radius 3 is 2.63 bits per heavy atom. The van der Waals surface area contributed by atoms with Gasteiger partial charge in [-0.3, -0.25) is 14.7 Å². The van der Waals surface area contributed by atoms with E-state index in [1.807, 2.05) is 34.9 Å². The van der Waals surface area contributed by atoms with E-state index in [9.17, 15) is 9.59 Å². The second-order valence-corrected chi connectivity index (χ2v) is 6.81. The van der Waals surface area contributed by atoms with Crippen LogP contribution in [0.25, 0.3) is 0 Å². The summed E-state index contributed by atoms with van der Waals surface area (Å²) in [7, 11) is 1.46. The van der Waals surface area contributed by atoms with Crippen molar-refractivity contribution >= 4 is 29.6 Å². The molecule has 1 aromatic heterocycles. The lowest BCUT2D eigenvalue weighted by atomic mass is 10.2. The van der Waals surface area contributed by atoms with Gasteiger partial charge in [0, 0.05) is 20.1 Å². The fraction of sp³-hybridized carbons (Fsp3) is 0.412. The normalized spacial score (nSPS) is 14.0. The number of hydrogen-bond acceptors (Lipinski definition) is 7. The number of thioether (sulfide) groups is 1. The number of morpholine rings is 1. The fourth-order valence-electron chi connectivity index (χ4n) is 2.64. The summed E-state index contributed by atoms with van der Waals surface area (Å²) in [6, 6.07) is 9.48. The Hall–Kier alpha value is -2.59. The Morgan fingerprint density at radius 2 is 1.93 bits per heavy atom. The first-order chi connectivity index (χ1) is 13.2. The lowest BCUT2D eigenvalue weighted by molar-refractivity contribution is -0.117. The molecule has 2 N–H and O–H groups in total. The van der Waals surface area contributed by atoms with Crippen molar-refractivity contribution in [1.29, 1.82) is 0 Å². The van der Waals surface area contributed by atoms with Crippen LogP contribution in [0.15, 0.2) is 35.5 Å². The van der Waals surface area contributed by atoms with E-state index in [0.717, 1.165) is 24.6 Å². The van der Waals surface area contributed by atoms with Crippen LogP contribution < -0.4 is 15.5 Å². The molecule has 0 spiro atoms. The number of imide groups is 1. The van der Waals surface area contributed by atoms with Gasteiger partial charge in [-0.1, -0.05) is 42.1 Å². The summed E-state index contributed by atoms with van der Waals surface area (Å²) >= 11 is 1.25. The number of ether oxygens (including phenoxy) is 1. The van der Waals surface area contributed by atoms with E-state index in [-0.39, 0.29) is 11.7 Å². The SMILES string of the molecule is CNC(=O)NC(=O)CSc1nnc(N2CCOCC2)n1Cc1ccccc1. The van der Waals surface area contributed by atoms with Crippen LogP contribution in [0.5, 0.6) is 0 Å². The fourth-order valence-corrected chi connectivity index (χ4v) is 3.38. The quantitative estimate of drug-likeness (QED) is 0.701. The van der Waals surface area contributed by atoms with Gasteiger partial charge in [-0.15, -0.1) is 10.2 Å². The number of urea groups is 1. The summed E-state index contributed by atoms with van der Waals surface area (Å²) in [5.74, 6) is 0.446. The number of carbonyl (C=O) groups excluding carboxylic acids is 2. The van der Waals surface area contributed by atoms with E-state index in [2.05, 4.69) is 25.7 Å². The summed E-state index contributed by atoms with van der Waals surface area (Å²) in [5.41, 5.74) is 1.11. The summed E-state index contributed by atoms with van der Waals surface area (Å²) in [6.45, 7) is 3.38. The average molecular weight is 390 g/mol. The minimum atomic E-state index is -0.527. The van der Waals surface area contributed by atoms with Gasteiger partial charge in [0.2, 0.25) is 11.9 Å². The first kappa shape index (κ1) is 19.2. The van der Waals surface area contributed by atoms with Gasteiger partial charge < -0.3 is 15.0 Å². The molecule has 1 aliphatic rings. The van der Waals surface area contributed by atoms with E-state index in [0.29, 0.717) is 24.9 Å². The van der Waals surface area contributed by atoms with Gasteiger partial charge in [0.25, 0.3) is 0 Å². The van der Waals surface area contributed by atoms with Crippen LogP contribution >= 0.6 is 11.8 Å².